The van der Waals surface area contributed by atoms with Crippen molar-refractivity contribution in [2.24, 2.45) is 5.73 Å². The van der Waals surface area contributed by atoms with E-state index in [9.17, 15) is 4.79 Å². The Morgan fingerprint density at radius 2 is 1.76 bits per heavy atom. The minimum atomic E-state index is -0.485. The van der Waals surface area contributed by atoms with Gasteiger partial charge in [-0.15, -0.1) is 11.3 Å². The van der Waals surface area contributed by atoms with Crippen LogP contribution in [0.15, 0.2) is 78.2 Å². The lowest BCUT2D eigenvalue weighted by Crippen LogP contribution is -2.45. The van der Waals surface area contributed by atoms with Crippen LogP contribution in [0.1, 0.15) is 29.8 Å². The molecule has 38 heavy (non-hydrogen) atoms. The Morgan fingerprint density at radius 3 is 2.45 bits per heavy atom. The third-order valence-corrected chi connectivity index (χ3v) is 7.28. The molecule has 8 heteroatoms. The number of rotatable bonds is 9. The van der Waals surface area contributed by atoms with Crippen LogP contribution in [0, 0.1) is 0 Å². The minimum Gasteiger partial charge on any atom is -0.489 e. The molecule has 1 aliphatic heterocycles. The summed E-state index contributed by atoms with van der Waals surface area (Å²) in [6.07, 6.45) is -0.00723. The van der Waals surface area contributed by atoms with Crippen molar-refractivity contribution in [1.29, 1.82) is 0 Å². The molecule has 7 nitrogen and oxygen atoms in total. The first-order valence-corrected chi connectivity index (χ1v) is 13.8. The number of amides is 1. The maximum atomic E-state index is 11.7. The van der Waals surface area contributed by atoms with Crippen LogP contribution in [-0.4, -0.2) is 48.1 Å². The zero-order valence-corrected chi connectivity index (χ0v) is 22.6. The van der Waals surface area contributed by atoms with Gasteiger partial charge in [-0.25, -0.2) is 4.98 Å². The van der Waals surface area contributed by atoms with E-state index in [4.69, 9.17) is 15.5 Å². The maximum absolute atomic E-state index is 11.7. The Bertz CT molecular complexity index is 1360. The smallest absolute Gasteiger partial charge is 0.248 e. The lowest BCUT2D eigenvalue weighted by Gasteiger charge is -2.36. The molecule has 0 unspecified atom stereocenters. The average molecular weight is 528 g/mol. The largest absolute Gasteiger partial charge is 0.489 e. The van der Waals surface area contributed by atoms with Gasteiger partial charge in [0, 0.05) is 54.9 Å². The summed E-state index contributed by atoms with van der Waals surface area (Å²) in [6, 6.07) is 24.4. The van der Waals surface area contributed by atoms with E-state index in [0.29, 0.717) is 22.1 Å². The zero-order valence-electron chi connectivity index (χ0n) is 21.8. The number of nitrogens with two attached hydrogens (primary N) is 1. The summed E-state index contributed by atoms with van der Waals surface area (Å²) < 4.78 is 5.91. The number of carbonyl (C=O) groups excluding carboxylic acids is 1. The zero-order chi connectivity index (χ0) is 26.5. The second-order valence-corrected chi connectivity index (χ2v) is 10.6. The highest BCUT2D eigenvalue weighted by Gasteiger charge is 2.18. The SMILES string of the molecule is CC(C)Oc1ccc(C(N)=O)cc1Nc1nc(-c2ccc(N3CCN(Cc4ccccc4)CC3)cc2)cs1. The summed E-state index contributed by atoms with van der Waals surface area (Å²) in [4.78, 5) is 21.4. The van der Waals surface area contributed by atoms with Gasteiger partial charge in [0.1, 0.15) is 5.75 Å². The topological polar surface area (TPSA) is 83.7 Å². The van der Waals surface area contributed by atoms with Gasteiger partial charge in [-0.2, -0.15) is 0 Å². The van der Waals surface area contributed by atoms with Gasteiger partial charge in [-0.05, 0) is 49.7 Å². The number of thiazole rings is 1. The molecule has 1 amide bonds. The molecule has 4 aromatic rings. The van der Waals surface area contributed by atoms with E-state index >= 15 is 0 Å². The summed E-state index contributed by atoms with van der Waals surface area (Å²) in [6.45, 7) is 9.06. The Hall–Kier alpha value is -3.88. The number of carbonyl (C=O) groups is 1. The van der Waals surface area contributed by atoms with Gasteiger partial charge in [0.15, 0.2) is 5.13 Å². The van der Waals surface area contributed by atoms with Crippen molar-refractivity contribution in [3.05, 3.63) is 89.3 Å². The lowest BCUT2D eigenvalue weighted by molar-refractivity contribution is 0.100. The molecule has 1 saturated heterocycles. The van der Waals surface area contributed by atoms with Crippen LogP contribution >= 0.6 is 11.3 Å². The van der Waals surface area contributed by atoms with Gasteiger partial charge in [0.2, 0.25) is 5.91 Å². The van der Waals surface area contributed by atoms with E-state index in [1.54, 1.807) is 18.2 Å². The second-order valence-electron chi connectivity index (χ2n) is 9.70. The van der Waals surface area contributed by atoms with E-state index in [-0.39, 0.29) is 6.10 Å². The van der Waals surface area contributed by atoms with Crippen molar-refractivity contribution in [3.8, 4) is 17.0 Å². The van der Waals surface area contributed by atoms with Crippen molar-refractivity contribution in [3.63, 3.8) is 0 Å². The first-order chi connectivity index (χ1) is 18.4. The summed E-state index contributed by atoms with van der Waals surface area (Å²) in [5.74, 6) is 0.164. The normalized spacial score (nSPS) is 14.0. The molecule has 3 N–H and O–H groups in total. The van der Waals surface area contributed by atoms with Crippen molar-refractivity contribution < 1.29 is 9.53 Å². The number of benzene rings is 3. The average Bonchev–Trinajstić information content (AvgIpc) is 3.39. The standard InChI is InChI=1S/C30H33N5O2S/c1-21(2)37-28-13-10-24(29(31)36)18-26(28)32-30-33-27(20-38-30)23-8-11-25(12-9-23)35-16-14-34(15-17-35)19-22-6-4-3-5-7-22/h3-13,18,20-21H,14-17,19H2,1-2H3,(H2,31,36)(H,32,33). The predicted molar refractivity (Wildman–Crippen MR) is 155 cm³/mol. The number of ether oxygens (including phenoxy) is 1. The Morgan fingerprint density at radius 1 is 1.03 bits per heavy atom. The van der Waals surface area contributed by atoms with Gasteiger partial charge in [0.05, 0.1) is 17.5 Å². The fourth-order valence-electron chi connectivity index (χ4n) is 4.57. The summed E-state index contributed by atoms with van der Waals surface area (Å²) in [5, 5.41) is 6.05. The highest BCUT2D eigenvalue weighted by Crippen LogP contribution is 2.33. The number of nitrogens with one attached hydrogen (secondary N) is 1. The number of nitrogens with zero attached hydrogens (tertiary/aromatic N) is 3. The van der Waals surface area contributed by atoms with Crippen LogP contribution in [0.4, 0.5) is 16.5 Å². The van der Waals surface area contributed by atoms with Crippen LogP contribution in [0.3, 0.4) is 0 Å². The Labute approximate surface area is 227 Å². The number of hydrogen-bond donors (Lipinski definition) is 2. The van der Waals surface area contributed by atoms with Gasteiger partial charge < -0.3 is 20.7 Å². The third kappa shape index (κ3) is 6.33. The number of hydrogen-bond acceptors (Lipinski definition) is 7. The van der Waals surface area contributed by atoms with Crippen LogP contribution < -0.4 is 20.7 Å². The molecular weight excluding hydrogens is 494 g/mol. The van der Waals surface area contributed by atoms with Crippen molar-refractivity contribution in [1.82, 2.24) is 9.88 Å². The molecule has 0 aliphatic carbocycles. The van der Waals surface area contributed by atoms with Gasteiger partial charge in [0.25, 0.3) is 0 Å². The molecule has 1 aromatic heterocycles. The molecule has 0 saturated carbocycles. The van der Waals surface area contributed by atoms with E-state index < -0.39 is 5.91 Å². The predicted octanol–water partition coefficient (Wildman–Crippen LogP) is 5.76. The molecular formula is C30H33N5O2S. The monoisotopic (exact) mass is 527 g/mol. The van der Waals surface area contributed by atoms with E-state index in [0.717, 1.165) is 44.0 Å². The molecule has 0 spiro atoms. The number of aromatic nitrogens is 1. The van der Waals surface area contributed by atoms with Crippen molar-refractivity contribution >= 4 is 33.8 Å². The molecule has 2 heterocycles. The van der Waals surface area contributed by atoms with Crippen LogP contribution in [0.2, 0.25) is 0 Å². The molecule has 1 fully saturated rings. The van der Waals surface area contributed by atoms with Crippen LogP contribution in [0.25, 0.3) is 11.3 Å². The summed E-state index contributed by atoms with van der Waals surface area (Å²) in [5.41, 5.74) is 11.1. The number of primary amides is 1. The minimum absolute atomic E-state index is 0.00723. The molecule has 0 atom stereocenters. The van der Waals surface area contributed by atoms with Crippen molar-refractivity contribution in [2.45, 2.75) is 26.5 Å². The van der Waals surface area contributed by atoms with E-state index in [1.165, 1.54) is 22.6 Å². The Balaban J connectivity index is 1.22. The molecule has 196 valence electrons. The van der Waals surface area contributed by atoms with E-state index in [2.05, 4.69) is 69.7 Å². The van der Waals surface area contributed by atoms with Crippen LogP contribution in [-0.2, 0) is 6.54 Å². The molecule has 1 aliphatic rings. The fraction of sp³-hybridized carbons (Fsp3) is 0.267. The fourth-order valence-corrected chi connectivity index (χ4v) is 5.30. The molecule has 0 radical (unpaired) electrons. The number of piperazine rings is 1. The molecule has 0 bridgehead atoms. The summed E-state index contributed by atoms with van der Waals surface area (Å²) >= 11 is 1.50. The van der Waals surface area contributed by atoms with Crippen LogP contribution in [0.5, 0.6) is 5.75 Å². The molecule has 5 rings (SSSR count). The third-order valence-electron chi connectivity index (χ3n) is 6.52. The Kier molecular flexibility index (Phi) is 7.91. The van der Waals surface area contributed by atoms with Gasteiger partial charge in [-0.1, -0.05) is 42.5 Å². The first kappa shape index (κ1) is 25.8. The first-order valence-electron chi connectivity index (χ1n) is 12.9. The maximum Gasteiger partial charge on any atom is 0.248 e. The molecule has 3 aromatic carbocycles. The number of anilines is 3. The second kappa shape index (κ2) is 11.7. The highest BCUT2D eigenvalue weighted by molar-refractivity contribution is 7.14. The van der Waals surface area contributed by atoms with Gasteiger partial charge in [-0.3, -0.25) is 9.69 Å². The van der Waals surface area contributed by atoms with Crippen molar-refractivity contribution in [2.75, 3.05) is 36.4 Å². The highest BCUT2D eigenvalue weighted by atomic mass is 32.1. The quantitative estimate of drug-likeness (QED) is 0.288. The lowest BCUT2D eigenvalue weighted by atomic mass is 10.1. The summed E-state index contributed by atoms with van der Waals surface area (Å²) in [7, 11) is 0. The van der Waals surface area contributed by atoms with E-state index in [1.807, 2.05) is 19.2 Å². The van der Waals surface area contributed by atoms with Gasteiger partial charge >= 0.3 is 0 Å².